The Bertz CT molecular complexity index is 1320. The molecule has 3 aromatic rings. The lowest BCUT2D eigenvalue weighted by Crippen LogP contribution is -2.45. The molecule has 11 heteroatoms. The van der Waals surface area contributed by atoms with Crippen molar-refractivity contribution in [2.45, 2.75) is 19.2 Å². The van der Waals surface area contributed by atoms with Gasteiger partial charge in [0.05, 0.1) is 6.04 Å². The average Bonchev–Trinajstić information content (AvgIpc) is 2.83. The van der Waals surface area contributed by atoms with E-state index >= 15 is 0 Å². The summed E-state index contributed by atoms with van der Waals surface area (Å²) in [6, 6.07) is 9.37. The van der Waals surface area contributed by atoms with E-state index in [0.29, 0.717) is 17.7 Å². The highest BCUT2D eigenvalue weighted by Crippen LogP contribution is 2.24. The maximum Gasteiger partial charge on any atom is 0.272 e. The van der Waals surface area contributed by atoms with Crippen molar-refractivity contribution in [3.8, 4) is 5.75 Å². The van der Waals surface area contributed by atoms with Gasteiger partial charge in [-0.3, -0.25) is 14.4 Å². The molecule has 2 aromatic carbocycles. The fourth-order valence-electron chi connectivity index (χ4n) is 3.74. The van der Waals surface area contributed by atoms with Crippen LogP contribution in [0.15, 0.2) is 53.5 Å². The van der Waals surface area contributed by atoms with Crippen LogP contribution in [0.2, 0.25) is 0 Å². The number of halogens is 3. The van der Waals surface area contributed by atoms with Crippen molar-refractivity contribution in [2.24, 2.45) is 5.73 Å². The molecule has 35 heavy (non-hydrogen) atoms. The van der Waals surface area contributed by atoms with Gasteiger partial charge in [0.2, 0.25) is 5.43 Å². The van der Waals surface area contributed by atoms with Gasteiger partial charge >= 0.3 is 0 Å². The molecule has 8 nitrogen and oxygen atoms in total. The van der Waals surface area contributed by atoms with Crippen LogP contribution in [0.4, 0.5) is 13.2 Å². The van der Waals surface area contributed by atoms with Crippen LogP contribution in [0.5, 0.6) is 5.75 Å². The number of pyridine rings is 1. The van der Waals surface area contributed by atoms with Crippen molar-refractivity contribution in [3.63, 3.8) is 0 Å². The molecule has 1 atom stereocenters. The molecule has 0 spiro atoms. The van der Waals surface area contributed by atoms with E-state index in [4.69, 9.17) is 10.5 Å². The third-order valence-corrected chi connectivity index (χ3v) is 5.57. The SMILES string of the molecule is NC[C@H]1CNC(=O)c2c(OCc3ccccc3)c(=O)c(C(=O)NCc3c(F)cc(F)cc3F)cn21. The zero-order valence-electron chi connectivity index (χ0n) is 18.3. The smallest absolute Gasteiger partial charge is 0.272 e. The number of nitrogens with one attached hydrogen (secondary N) is 2. The van der Waals surface area contributed by atoms with Crippen molar-refractivity contribution >= 4 is 11.8 Å². The number of fused-ring (bicyclic) bond motifs is 1. The molecular weight excluding hydrogens is 465 g/mol. The minimum Gasteiger partial charge on any atom is -0.483 e. The maximum absolute atomic E-state index is 14.0. The first-order valence-corrected chi connectivity index (χ1v) is 10.7. The average molecular weight is 486 g/mol. The normalized spacial score (nSPS) is 14.7. The van der Waals surface area contributed by atoms with Gasteiger partial charge in [-0.25, -0.2) is 13.2 Å². The second-order valence-electron chi connectivity index (χ2n) is 7.86. The number of amides is 2. The van der Waals surface area contributed by atoms with Crippen LogP contribution in [0, 0.1) is 17.5 Å². The quantitative estimate of drug-likeness (QED) is 0.473. The first kappa shape index (κ1) is 24.0. The van der Waals surface area contributed by atoms with Crippen molar-refractivity contribution < 1.29 is 27.5 Å². The molecule has 0 saturated carbocycles. The zero-order valence-corrected chi connectivity index (χ0v) is 18.3. The van der Waals surface area contributed by atoms with E-state index < -0.39 is 58.4 Å². The highest BCUT2D eigenvalue weighted by molar-refractivity contribution is 5.99. The summed E-state index contributed by atoms with van der Waals surface area (Å²) in [5, 5.41) is 4.91. The van der Waals surface area contributed by atoms with Gasteiger partial charge in [-0.1, -0.05) is 30.3 Å². The van der Waals surface area contributed by atoms with Gasteiger partial charge < -0.3 is 25.7 Å². The molecule has 4 N–H and O–H groups in total. The summed E-state index contributed by atoms with van der Waals surface area (Å²) in [7, 11) is 0. The fraction of sp³-hybridized carbons (Fsp3) is 0.208. The van der Waals surface area contributed by atoms with Crippen LogP contribution in [-0.4, -0.2) is 29.5 Å². The molecule has 1 aliphatic rings. The lowest BCUT2D eigenvalue weighted by molar-refractivity contribution is 0.0898. The monoisotopic (exact) mass is 486 g/mol. The number of nitrogens with two attached hydrogens (primary N) is 1. The molecular formula is C24H21F3N4O4. The van der Waals surface area contributed by atoms with Crippen molar-refractivity contribution in [1.82, 2.24) is 15.2 Å². The summed E-state index contributed by atoms with van der Waals surface area (Å²) in [4.78, 5) is 38.7. The predicted molar refractivity (Wildman–Crippen MR) is 119 cm³/mol. The van der Waals surface area contributed by atoms with Crippen molar-refractivity contribution in [2.75, 3.05) is 13.1 Å². The molecule has 0 aliphatic carbocycles. The minimum atomic E-state index is -1.18. The Morgan fingerprint density at radius 2 is 1.83 bits per heavy atom. The standard InChI is InChI=1S/C24H21F3N4O4/c25-14-6-18(26)16(19(27)7-14)10-30-23(33)17-11-31-15(8-28)9-29-24(34)20(31)22(21(17)32)35-12-13-4-2-1-3-5-13/h1-7,11,15H,8-10,12,28H2,(H,29,34)(H,30,33)/t15-/m0/s1. The molecule has 0 fully saturated rings. The van der Waals surface area contributed by atoms with Gasteiger partial charge in [0.15, 0.2) is 11.4 Å². The van der Waals surface area contributed by atoms with Gasteiger partial charge in [0, 0.05) is 43.5 Å². The molecule has 2 heterocycles. The van der Waals surface area contributed by atoms with Gasteiger partial charge in [0.1, 0.15) is 29.6 Å². The Labute approximate surface area is 197 Å². The van der Waals surface area contributed by atoms with Crippen LogP contribution in [0.25, 0.3) is 0 Å². The van der Waals surface area contributed by atoms with E-state index in [1.807, 2.05) is 0 Å². The highest BCUT2D eigenvalue weighted by atomic mass is 19.1. The summed E-state index contributed by atoms with van der Waals surface area (Å²) in [6.07, 6.45) is 1.18. The van der Waals surface area contributed by atoms with Gasteiger partial charge in [-0.05, 0) is 5.56 Å². The summed E-state index contributed by atoms with van der Waals surface area (Å²) in [6.45, 7) is -0.447. The number of ether oxygens (including phenoxy) is 1. The molecule has 182 valence electrons. The topological polar surface area (TPSA) is 115 Å². The lowest BCUT2D eigenvalue weighted by atomic mass is 10.1. The first-order chi connectivity index (χ1) is 16.8. The Morgan fingerprint density at radius 3 is 2.49 bits per heavy atom. The van der Waals surface area contributed by atoms with E-state index in [-0.39, 0.29) is 31.1 Å². The molecule has 1 aliphatic heterocycles. The van der Waals surface area contributed by atoms with Crippen molar-refractivity contribution in [3.05, 3.63) is 98.7 Å². The van der Waals surface area contributed by atoms with Crippen LogP contribution < -0.4 is 26.5 Å². The van der Waals surface area contributed by atoms with Crippen LogP contribution in [0.3, 0.4) is 0 Å². The largest absolute Gasteiger partial charge is 0.483 e. The molecule has 1 aromatic heterocycles. The number of rotatable bonds is 7. The molecule has 0 radical (unpaired) electrons. The molecule has 0 saturated heterocycles. The molecule has 0 unspecified atom stereocenters. The number of hydrogen-bond donors (Lipinski definition) is 3. The minimum absolute atomic E-state index is 0.0548. The van der Waals surface area contributed by atoms with Gasteiger partial charge in [-0.15, -0.1) is 0 Å². The first-order valence-electron chi connectivity index (χ1n) is 10.7. The Kier molecular flexibility index (Phi) is 6.87. The van der Waals surface area contributed by atoms with Gasteiger partial charge in [0.25, 0.3) is 11.8 Å². The number of benzene rings is 2. The Hall–Kier alpha value is -4.12. The molecule has 2 amide bonds. The fourth-order valence-corrected chi connectivity index (χ4v) is 3.74. The summed E-state index contributed by atoms with van der Waals surface area (Å²) in [5.74, 6) is -5.35. The Balaban J connectivity index is 1.70. The molecule has 4 rings (SSSR count). The Morgan fingerprint density at radius 1 is 1.14 bits per heavy atom. The van der Waals surface area contributed by atoms with Crippen molar-refractivity contribution in [1.29, 1.82) is 0 Å². The lowest BCUT2D eigenvalue weighted by Gasteiger charge is -2.29. The summed E-state index contributed by atoms with van der Waals surface area (Å²) < 4.78 is 48.2. The maximum atomic E-state index is 14.0. The number of nitrogens with zero attached hydrogens (tertiary/aromatic N) is 1. The third-order valence-electron chi connectivity index (χ3n) is 5.57. The molecule has 0 bridgehead atoms. The van der Waals surface area contributed by atoms with E-state index in [1.165, 1.54) is 10.8 Å². The summed E-state index contributed by atoms with van der Waals surface area (Å²) >= 11 is 0. The van der Waals surface area contributed by atoms with Crippen LogP contribution >= 0.6 is 0 Å². The number of aromatic nitrogens is 1. The van der Waals surface area contributed by atoms with Gasteiger partial charge in [-0.2, -0.15) is 0 Å². The van der Waals surface area contributed by atoms with E-state index in [1.54, 1.807) is 30.3 Å². The summed E-state index contributed by atoms with van der Waals surface area (Å²) in [5.41, 5.74) is 4.59. The van der Waals surface area contributed by atoms with E-state index in [0.717, 1.165) is 0 Å². The van der Waals surface area contributed by atoms with E-state index in [2.05, 4.69) is 10.6 Å². The van der Waals surface area contributed by atoms with Crippen LogP contribution in [-0.2, 0) is 13.2 Å². The number of carbonyl (C=O) groups excluding carboxylic acids is 2. The second-order valence-corrected chi connectivity index (χ2v) is 7.86. The predicted octanol–water partition coefficient (Wildman–Crippen LogP) is 2.02. The highest BCUT2D eigenvalue weighted by Gasteiger charge is 2.31. The number of carbonyl (C=O) groups is 2. The number of hydrogen-bond acceptors (Lipinski definition) is 5. The van der Waals surface area contributed by atoms with Crippen LogP contribution in [0.1, 0.15) is 38.0 Å². The third kappa shape index (κ3) is 4.90. The van der Waals surface area contributed by atoms with E-state index in [9.17, 15) is 27.6 Å². The zero-order chi connectivity index (χ0) is 25.1. The second kappa shape index (κ2) is 10.0.